The Bertz CT molecular complexity index is 344. The number of carbonyl (C=O) groups is 2. The zero-order valence-electron chi connectivity index (χ0n) is 9.20. The lowest BCUT2D eigenvalue weighted by Gasteiger charge is -2.37. The summed E-state index contributed by atoms with van der Waals surface area (Å²) in [6.45, 7) is 4.95. The largest absolute Gasteiger partial charge is 0.481 e. The molecule has 0 aromatic rings. The van der Waals surface area contributed by atoms with Gasteiger partial charge in [0.25, 0.3) is 0 Å². The van der Waals surface area contributed by atoms with Crippen molar-refractivity contribution in [3.8, 4) is 0 Å². The maximum absolute atomic E-state index is 11.1. The first-order chi connectivity index (χ1) is 6.69. The number of allylic oxidation sites excluding steroid dienone is 1. The molecular weight excluding hydrogens is 196 g/mol. The summed E-state index contributed by atoms with van der Waals surface area (Å²) in [5.41, 5.74) is -1.20. The van der Waals surface area contributed by atoms with Gasteiger partial charge in [0.15, 0.2) is 0 Å². The molecule has 4 heteroatoms. The average Bonchev–Trinajstić information content (AvgIpc) is 2.00. The predicted octanol–water partition coefficient (Wildman–Crippen LogP) is 1.91. The second kappa shape index (κ2) is 3.36. The first-order valence-electron chi connectivity index (χ1n) is 4.85. The van der Waals surface area contributed by atoms with Gasteiger partial charge in [0.1, 0.15) is 0 Å². The third-order valence-corrected chi connectivity index (χ3v) is 3.00. The Morgan fingerprint density at radius 3 is 2.20 bits per heavy atom. The fourth-order valence-electron chi connectivity index (χ4n) is 2.42. The number of carboxylic acids is 2. The lowest BCUT2D eigenvalue weighted by atomic mass is 9.65. The highest BCUT2D eigenvalue weighted by atomic mass is 16.4. The molecule has 1 aliphatic carbocycles. The highest BCUT2D eigenvalue weighted by Crippen LogP contribution is 2.45. The molecule has 0 radical (unpaired) electrons. The maximum atomic E-state index is 11.1. The molecule has 4 nitrogen and oxygen atoms in total. The minimum absolute atomic E-state index is 0.141. The molecule has 1 rings (SSSR count). The molecule has 0 aromatic carbocycles. The standard InChI is InChI=1S/C11H16O4/c1-7-4-10(2,8(12)13)6-11(3,5-7)9(14)15/h4H,5-6H2,1-3H3,(H,12,13)(H,14,15). The first kappa shape index (κ1) is 11.8. The molecule has 0 saturated heterocycles. The molecule has 0 saturated carbocycles. The minimum atomic E-state index is -1.06. The molecule has 0 bridgehead atoms. The fraction of sp³-hybridized carbons (Fsp3) is 0.636. The van der Waals surface area contributed by atoms with Crippen molar-refractivity contribution in [2.75, 3.05) is 0 Å². The van der Waals surface area contributed by atoms with E-state index in [1.54, 1.807) is 26.8 Å². The molecule has 0 aliphatic heterocycles. The van der Waals surface area contributed by atoms with E-state index >= 15 is 0 Å². The topological polar surface area (TPSA) is 74.6 Å². The van der Waals surface area contributed by atoms with Crippen LogP contribution in [0, 0.1) is 10.8 Å². The van der Waals surface area contributed by atoms with E-state index in [1.165, 1.54) is 0 Å². The summed E-state index contributed by atoms with van der Waals surface area (Å²) in [5, 5.41) is 18.2. The van der Waals surface area contributed by atoms with Gasteiger partial charge in [-0.1, -0.05) is 11.6 Å². The van der Waals surface area contributed by atoms with Gasteiger partial charge in [-0.3, -0.25) is 9.59 Å². The van der Waals surface area contributed by atoms with Gasteiger partial charge in [0.2, 0.25) is 0 Å². The van der Waals surface area contributed by atoms with Gasteiger partial charge >= 0.3 is 11.9 Å². The van der Waals surface area contributed by atoms with Crippen molar-refractivity contribution in [1.82, 2.24) is 0 Å². The third kappa shape index (κ3) is 2.03. The number of hydrogen-bond donors (Lipinski definition) is 2. The van der Waals surface area contributed by atoms with Crippen LogP contribution in [0.2, 0.25) is 0 Å². The van der Waals surface area contributed by atoms with E-state index in [4.69, 9.17) is 10.2 Å². The van der Waals surface area contributed by atoms with E-state index < -0.39 is 22.8 Å². The van der Waals surface area contributed by atoms with Crippen LogP contribution in [0.5, 0.6) is 0 Å². The zero-order chi connectivity index (χ0) is 11.9. The van der Waals surface area contributed by atoms with Crippen molar-refractivity contribution in [3.05, 3.63) is 11.6 Å². The van der Waals surface area contributed by atoms with Crippen molar-refractivity contribution < 1.29 is 19.8 Å². The SMILES string of the molecule is CC1=CC(C)(C(=O)O)CC(C)(C(=O)O)C1. The number of hydrogen-bond acceptors (Lipinski definition) is 2. The molecule has 84 valence electrons. The van der Waals surface area contributed by atoms with Crippen molar-refractivity contribution >= 4 is 11.9 Å². The van der Waals surface area contributed by atoms with Crippen molar-refractivity contribution in [1.29, 1.82) is 0 Å². The molecular formula is C11H16O4. The van der Waals surface area contributed by atoms with Crippen LogP contribution >= 0.6 is 0 Å². The molecule has 1 aliphatic rings. The summed E-state index contributed by atoms with van der Waals surface area (Å²) in [6.07, 6.45) is 2.23. The molecule has 15 heavy (non-hydrogen) atoms. The van der Waals surface area contributed by atoms with Gasteiger partial charge in [-0.25, -0.2) is 0 Å². The van der Waals surface area contributed by atoms with Crippen LogP contribution < -0.4 is 0 Å². The Morgan fingerprint density at radius 1 is 1.27 bits per heavy atom. The molecule has 2 atom stereocenters. The van der Waals surface area contributed by atoms with E-state index in [0.717, 1.165) is 5.57 Å². The van der Waals surface area contributed by atoms with Gasteiger partial charge < -0.3 is 10.2 Å². The van der Waals surface area contributed by atoms with Gasteiger partial charge in [-0.2, -0.15) is 0 Å². The summed E-state index contributed by atoms with van der Waals surface area (Å²) < 4.78 is 0. The number of rotatable bonds is 2. The molecule has 0 aromatic heterocycles. The lowest BCUT2D eigenvalue weighted by Crippen LogP contribution is -2.40. The summed E-state index contributed by atoms with van der Waals surface area (Å²) in [4.78, 5) is 22.2. The average molecular weight is 212 g/mol. The summed E-state index contributed by atoms with van der Waals surface area (Å²) >= 11 is 0. The minimum Gasteiger partial charge on any atom is -0.481 e. The molecule has 0 heterocycles. The Hall–Kier alpha value is -1.32. The molecule has 0 fully saturated rings. The van der Waals surface area contributed by atoms with E-state index in [2.05, 4.69) is 0 Å². The Labute approximate surface area is 88.6 Å². The van der Waals surface area contributed by atoms with Gasteiger partial charge in [0, 0.05) is 0 Å². The Balaban J connectivity index is 3.14. The Kier molecular flexibility index (Phi) is 2.63. The maximum Gasteiger partial charge on any atom is 0.313 e. The third-order valence-electron chi connectivity index (χ3n) is 3.00. The van der Waals surface area contributed by atoms with Crippen LogP contribution in [-0.2, 0) is 9.59 Å². The van der Waals surface area contributed by atoms with Gasteiger partial charge in [0.05, 0.1) is 10.8 Å². The lowest BCUT2D eigenvalue weighted by molar-refractivity contribution is -0.154. The number of carboxylic acid groups (broad SMARTS) is 2. The Morgan fingerprint density at radius 2 is 1.80 bits per heavy atom. The monoisotopic (exact) mass is 212 g/mol. The van der Waals surface area contributed by atoms with E-state index in [9.17, 15) is 9.59 Å². The van der Waals surface area contributed by atoms with Gasteiger partial charge in [-0.15, -0.1) is 0 Å². The first-order valence-corrected chi connectivity index (χ1v) is 4.85. The van der Waals surface area contributed by atoms with Crippen molar-refractivity contribution in [2.45, 2.75) is 33.6 Å². The molecule has 2 N–H and O–H groups in total. The smallest absolute Gasteiger partial charge is 0.313 e. The zero-order valence-corrected chi connectivity index (χ0v) is 9.20. The van der Waals surface area contributed by atoms with Crippen LogP contribution in [0.1, 0.15) is 33.6 Å². The summed E-state index contributed by atoms with van der Waals surface area (Å²) in [7, 11) is 0. The van der Waals surface area contributed by atoms with Crippen molar-refractivity contribution in [3.63, 3.8) is 0 Å². The highest BCUT2D eigenvalue weighted by molar-refractivity contribution is 5.81. The van der Waals surface area contributed by atoms with E-state index in [0.29, 0.717) is 6.42 Å². The molecule has 2 unspecified atom stereocenters. The highest BCUT2D eigenvalue weighted by Gasteiger charge is 2.46. The fourth-order valence-corrected chi connectivity index (χ4v) is 2.42. The summed E-state index contributed by atoms with van der Waals surface area (Å²) in [6, 6.07) is 0. The number of aliphatic carboxylic acids is 2. The van der Waals surface area contributed by atoms with E-state index in [-0.39, 0.29) is 6.42 Å². The second-order valence-corrected chi connectivity index (χ2v) is 4.93. The normalized spacial score (nSPS) is 35.8. The van der Waals surface area contributed by atoms with Crippen LogP contribution in [0.25, 0.3) is 0 Å². The molecule has 0 spiro atoms. The van der Waals surface area contributed by atoms with Gasteiger partial charge in [-0.05, 0) is 33.6 Å². The van der Waals surface area contributed by atoms with E-state index in [1.807, 2.05) is 0 Å². The second-order valence-electron chi connectivity index (χ2n) is 4.93. The van der Waals surface area contributed by atoms with Crippen LogP contribution in [0.4, 0.5) is 0 Å². The van der Waals surface area contributed by atoms with Crippen LogP contribution in [0.15, 0.2) is 11.6 Å². The van der Waals surface area contributed by atoms with Crippen molar-refractivity contribution in [2.24, 2.45) is 10.8 Å². The summed E-state index contributed by atoms with van der Waals surface area (Å²) in [5.74, 6) is -1.89. The van der Waals surface area contributed by atoms with Crippen LogP contribution in [0.3, 0.4) is 0 Å². The molecule has 0 amide bonds. The quantitative estimate of drug-likeness (QED) is 0.685. The predicted molar refractivity (Wildman–Crippen MR) is 54.5 cm³/mol. The van der Waals surface area contributed by atoms with Crippen LogP contribution in [-0.4, -0.2) is 22.2 Å².